The topological polar surface area (TPSA) is 56.7 Å². The fourth-order valence-corrected chi connectivity index (χ4v) is 2.51. The van der Waals surface area contributed by atoms with Crippen molar-refractivity contribution in [2.45, 2.75) is 13.0 Å². The van der Waals surface area contributed by atoms with E-state index in [4.69, 9.17) is 0 Å². The summed E-state index contributed by atoms with van der Waals surface area (Å²) in [5.74, 6) is 0.0166. The minimum atomic E-state index is -0.309. The van der Waals surface area contributed by atoms with Crippen molar-refractivity contribution in [2.75, 3.05) is 32.7 Å². The highest BCUT2D eigenvalue weighted by atomic mass is 32.1. The van der Waals surface area contributed by atoms with Crippen LogP contribution < -0.4 is 0 Å². The van der Waals surface area contributed by atoms with Crippen molar-refractivity contribution < 1.29 is 9.90 Å². The van der Waals surface area contributed by atoms with Crippen LogP contribution in [0.3, 0.4) is 0 Å². The van der Waals surface area contributed by atoms with Crippen molar-refractivity contribution in [3.8, 4) is 0 Å². The van der Waals surface area contributed by atoms with Gasteiger partial charge in [0.15, 0.2) is 0 Å². The van der Waals surface area contributed by atoms with Gasteiger partial charge >= 0.3 is 0 Å². The molecule has 1 fully saturated rings. The van der Waals surface area contributed by atoms with E-state index in [2.05, 4.69) is 9.88 Å². The number of nitrogens with zero attached hydrogens (tertiary/aromatic N) is 3. The Morgan fingerprint density at radius 1 is 1.53 bits per heavy atom. The first-order chi connectivity index (χ1) is 8.16. The molecule has 0 spiro atoms. The third kappa shape index (κ3) is 3.24. The number of carbonyl (C=O) groups excluding carboxylic acids is 1. The summed E-state index contributed by atoms with van der Waals surface area (Å²) in [4.78, 5) is 20.0. The van der Waals surface area contributed by atoms with Gasteiger partial charge in [-0.1, -0.05) is 0 Å². The van der Waals surface area contributed by atoms with Gasteiger partial charge in [-0.05, 0) is 6.92 Å². The highest BCUT2D eigenvalue weighted by Crippen LogP contribution is 2.09. The monoisotopic (exact) mass is 255 g/mol. The predicted molar refractivity (Wildman–Crippen MR) is 66.1 cm³/mol. The van der Waals surface area contributed by atoms with Gasteiger partial charge in [-0.25, -0.2) is 4.98 Å². The molecule has 0 bridgehead atoms. The Labute approximate surface area is 105 Å². The van der Waals surface area contributed by atoms with Crippen LogP contribution in [0.25, 0.3) is 0 Å². The molecule has 0 aliphatic carbocycles. The third-order valence-corrected chi connectivity index (χ3v) is 3.42. The van der Waals surface area contributed by atoms with Gasteiger partial charge in [-0.15, -0.1) is 11.3 Å². The lowest BCUT2D eigenvalue weighted by Gasteiger charge is -2.34. The number of aliphatic hydroxyl groups is 1. The minimum absolute atomic E-state index is 0.0166. The standard InChI is InChI=1S/C11H17N3O2S/c1-9(15)6-13-2-4-14(5-3-13)11(16)10-7-17-8-12-10/h7-9,15H,2-6H2,1H3. The van der Waals surface area contributed by atoms with E-state index in [-0.39, 0.29) is 12.0 Å². The molecule has 1 atom stereocenters. The number of amides is 1. The van der Waals surface area contributed by atoms with Gasteiger partial charge in [0.25, 0.3) is 5.91 Å². The summed E-state index contributed by atoms with van der Waals surface area (Å²) in [7, 11) is 0. The summed E-state index contributed by atoms with van der Waals surface area (Å²) in [5, 5.41) is 11.1. The first kappa shape index (κ1) is 12.5. The van der Waals surface area contributed by atoms with Crippen LogP contribution >= 0.6 is 11.3 Å². The fraction of sp³-hybridized carbons (Fsp3) is 0.636. The number of hydrogen-bond donors (Lipinski definition) is 1. The number of carbonyl (C=O) groups is 1. The highest BCUT2D eigenvalue weighted by Gasteiger charge is 2.23. The number of β-amino-alcohol motifs (C(OH)–C–C–N with tert-alkyl or cyclic N) is 1. The molecule has 17 heavy (non-hydrogen) atoms. The largest absolute Gasteiger partial charge is 0.392 e. The summed E-state index contributed by atoms with van der Waals surface area (Å²) in [6.45, 7) is 5.53. The Balaban J connectivity index is 1.85. The van der Waals surface area contributed by atoms with E-state index in [1.165, 1.54) is 11.3 Å². The van der Waals surface area contributed by atoms with Crippen molar-refractivity contribution in [3.63, 3.8) is 0 Å². The second-order valence-corrected chi connectivity index (χ2v) is 5.03. The van der Waals surface area contributed by atoms with E-state index in [1.807, 2.05) is 4.90 Å². The van der Waals surface area contributed by atoms with Crippen LogP contribution in [0.4, 0.5) is 0 Å². The molecule has 1 amide bonds. The first-order valence-corrected chi connectivity index (χ1v) is 6.69. The molecule has 2 heterocycles. The molecule has 1 aliphatic rings. The van der Waals surface area contributed by atoms with Crippen LogP contribution in [-0.2, 0) is 0 Å². The van der Waals surface area contributed by atoms with E-state index in [0.717, 1.165) is 13.1 Å². The second-order valence-electron chi connectivity index (χ2n) is 4.32. The zero-order valence-corrected chi connectivity index (χ0v) is 10.7. The number of aliphatic hydroxyl groups excluding tert-OH is 1. The van der Waals surface area contributed by atoms with Gasteiger partial charge in [0.05, 0.1) is 11.6 Å². The van der Waals surface area contributed by atoms with E-state index in [0.29, 0.717) is 25.3 Å². The van der Waals surface area contributed by atoms with Gasteiger partial charge in [0.1, 0.15) is 5.69 Å². The normalized spacial score (nSPS) is 19.3. The SMILES string of the molecule is CC(O)CN1CCN(C(=O)c2cscn2)CC1. The maximum Gasteiger partial charge on any atom is 0.273 e. The van der Waals surface area contributed by atoms with Crippen molar-refractivity contribution in [2.24, 2.45) is 0 Å². The van der Waals surface area contributed by atoms with Crippen molar-refractivity contribution in [1.82, 2.24) is 14.8 Å². The van der Waals surface area contributed by atoms with Crippen LogP contribution in [0.1, 0.15) is 17.4 Å². The van der Waals surface area contributed by atoms with Crippen molar-refractivity contribution >= 4 is 17.2 Å². The fourth-order valence-electron chi connectivity index (χ4n) is 1.99. The number of rotatable bonds is 3. The lowest BCUT2D eigenvalue weighted by molar-refractivity contribution is 0.0550. The lowest BCUT2D eigenvalue weighted by Crippen LogP contribution is -2.50. The molecular weight excluding hydrogens is 238 g/mol. The molecule has 1 saturated heterocycles. The summed E-state index contributed by atoms with van der Waals surface area (Å²) in [6, 6.07) is 0. The number of piperazine rings is 1. The molecule has 0 radical (unpaired) electrons. The number of aromatic nitrogens is 1. The lowest BCUT2D eigenvalue weighted by atomic mass is 10.2. The Bertz CT molecular complexity index is 359. The van der Waals surface area contributed by atoms with Crippen molar-refractivity contribution in [1.29, 1.82) is 0 Å². The molecule has 1 unspecified atom stereocenters. The van der Waals surface area contributed by atoms with Crippen LogP contribution in [-0.4, -0.2) is 64.6 Å². The third-order valence-electron chi connectivity index (χ3n) is 2.83. The molecule has 94 valence electrons. The summed E-state index contributed by atoms with van der Waals surface area (Å²) >= 11 is 1.44. The minimum Gasteiger partial charge on any atom is -0.392 e. The Hall–Kier alpha value is -0.980. The molecule has 0 saturated carbocycles. The molecule has 1 aliphatic heterocycles. The van der Waals surface area contributed by atoms with Crippen LogP contribution in [0, 0.1) is 0 Å². The Kier molecular flexibility index (Phi) is 4.09. The Morgan fingerprint density at radius 2 is 2.24 bits per heavy atom. The quantitative estimate of drug-likeness (QED) is 0.843. The van der Waals surface area contributed by atoms with Gasteiger partial charge in [-0.2, -0.15) is 0 Å². The van der Waals surface area contributed by atoms with Crippen molar-refractivity contribution in [3.05, 3.63) is 16.6 Å². The predicted octanol–water partition coefficient (Wildman–Crippen LogP) is 0.282. The number of thiazole rings is 1. The molecule has 1 N–H and O–H groups in total. The zero-order chi connectivity index (χ0) is 12.3. The van der Waals surface area contributed by atoms with Crippen LogP contribution in [0.2, 0.25) is 0 Å². The van der Waals surface area contributed by atoms with Gasteiger partial charge in [-0.3, -0.25) is 9.69 Å². The van der Waals surface area contributed by atoms with E-state index < -0.39 is 0 Å². The first-order valence-electron chi connectivity index (χ1n) is 5.74. The maximum absolute atomic E-state index is 12.0. The smallest absolute Gasteiger partial charge is 0.273 e. The van der Waals surface area contributed by atoms with Gasteiger partial charge in [0, 0.05) is 38.1 Å². The highest BCUT2D eigenvalue weighted by molar-refractivity contribution is 7.07. The average molecular weight is 255 g/mol. The van der Waals surface area contributed by atoms with Crippen LogP contribution in [0.5, 0.6) is 0 Å². The maximum atomic E-state index is 12.0. The summed E-state index contributed by atoms with van der Waals surface area (Å²) < 4.78 is 0. The second kappa shape index (κ2) is 5.57. The van der Waals surface area contributed by atoms with E-state index >= 15 is 0 Å². The molecular formula is C11H17N3O2S. The zero-order valence-electron chi connectivity index (χ0n) is 9.87. The van der Waals surface area contributed by atoms with Gasteiger partial charge < -0.3 is 10.0 Å². The van der Waals surface area contributed by atoms with E-state index in [1.54, 1.807) is 17.8 Å². The number of hydrogen-bond acceptors (Lipinski definition) is 5. The molecule has 6 heteroatoms. The van der Waals surface area contributed by atoms with E-state index in [9.17, 15) is 9.90 Å². The Morgan fingerprint density at radius 3 is 2.76 bits per heavy atom. The molecule has 1 aromatic heterocycles. The molecule has 1 aromatic rings. The molecule has 0 aromatic carbocycles. The summed E-state index contributed by atoms with van der Waals surface area (Å²) in [6.07, 6.45) is -0.309. The average Bonchev–Trinajstić information content (AvgIpc) is 2.82. The summed E-state index contributed by atoms with van der Waals surface area (Å²) in [5.41, 5.74) is 2.22. The molecule has 2 rings (SSSR count). The molecule has 5 nitrogen and oxygen atoms in total. The van der Waals surface area contributed by atoms with Gasteiger partial charge in [0.2, 0.25) is 0 Å². The van der Waals surface area contributed by atoms with Crippen LogP contribution in [0.15, 0.2) is 10.9 Å².